The molecule has 174 valence electrons. The van der Waals surface area contributed by atoms with Crippen LogP contribution in [0.2, 0.25) is 0 Å². The maximum Gasteiger partial charge on any atom is 0.0811 e. The van der Waals surface area contributed by atoms with Crippen LogP contribution < -0.4 is 0 Å². The third kappa shape index (κ3) is 4.73. The van der Waals surface area contributed by atoms with Crippen LogP contribution in [0.25, 0.3) is 0 Å². The number of hydrogen-bond acceptors (Lipinski definition) is 4. The highest BCUT2D eigenvalue weighted by Crippen LogP contribution is 2.59. The van der Waals surface area contributed by atoms with Gasteiger partial charge in [0.15, 0.2) is 0 Å². The molecule has 0 bridgehead atoms. The topological polar surface area (TPSA) is 52.9 Å². The van der Waals surface area contributed by atoms with Gasteiger partial charge in [0.1, 0.15) is 0 Å². The molecule has 0 amide bonds. The number of fused-ring (bicyclic) bond motifs is 1. The lowest BCUT2D eigenvalue weighted by atomic mass is 9.61. The van der Waals surface area contributed by atoms with E-state index in [9.17, 15) is 10.2 Å². The molecule has 0 spiro atoms. The number of aliphatic hydroxyl groups excluding tert-OH is 2. The van der Waals surface area contributed by atoms with Gasteiger partial charge in [-0.2, -0.15) is 0 Å². The highest BCUT2D eigenvalue weighted by molar-refractivity contribution is 5.38. The lowest BCUT2D eigenvalue weighted by Crippen LogP contribution is -2.47. The maximum absolute atomic E-state index is 10.2. The minimum Gasteiger partial charge on any atom is -0.393 e. The molecular formula is C27H43NO3. The van der Waals surface area contributed by atoms with Crippen molar-refractivity contribution in [3.63, 3.8) is 0 Å². The summed E-state index contributed by atoms with van der Waals surface area (Å²) in [5.74, 6) is 2.15. The monoisotopic (exact) mass is 429 g/mol. The first kappa shape index (κ1) is 23.2. The van der Waals surface area contributed by atoms with Crippen molar-refractivity contribution >= 4 is 0 Å². The molecule has 4 aliphatic rings. The summed E-state index contributed by atoms with van der Waals surface area (Å²) in [7, 11) is 0. The molecule has 4 rings (SSSR count). The third-order valence-electron chi connectivity index (χ3n) is 9.02. The van der Waals surface area contributed by atoms with Crippen LogP contribution in [0.15, 0.2) is 35.5 Å². The summed E-state index contributed by atoms with van der Waals surface area (Å²) < 4.78 is 5.64. The fraction of sp³-hybridized carbons (Fsp3) is 0.778. The van der Waals surface area contributed by atoms with E-state index in [0.717, 1.165) is 36.8 Å². The Morgan fingerprint density at radius 3 is 2.87 bits per heavy atom. The molecule has 7 atom stereocenters. The Labute approximate surface area is 189 Å². The van der Waals surface area contributed by atoms with Gasteiger partial charge in [0.05, 0.1) is 25.4 Å². The van der Waals surface area contributed by atoms with Crippen molar-refractivity contribution in [1.82, 2.24) is 4.90 Å². The number of aliphatic hydroxyl groups is 2. The van der Waals surface area contributed by atoms with Crippen molar-refractivity contribution < 1.29 is 14.9 Å². The number of ether oxygens (including phenoxy) is 1. The lowest BCUT2D eigenvalue weighted by molar-refractivity contribution is -0.0176. The van der Waals surface area contributed by atoms with E-state index in [0.29, 0.717) is 36.1 Å². The Hall–Kier alpha value is -0.940. The standard InChI is InChI=1S/C27H43NO3/c1-18(16-28-12-13-31-17-19(28)2)24-9-10-25-21(6-5-11-27(24,25)4)7-8-22-14-23(29)15-26(30)20(22)3/h7-8,18-19,23-26,29-30H,3,5-6,9-17H2,1-2,4H3/b21-7+,22-8-/t18-,19-,23-,24-,25+,26+,27-/m1/s1. The molecule has 1 heterocycles. The fourth-order valence-electron chi connectivity index (χ4n) is 7.21. The van der Waals surface area contributed by atoms with Gasteiger partial charge in [-0.15, -0.1) is 0 Å². The number of nitrogens with zero attached hydrogens (tertiary/aromatic N) is 1. The van der Waals surface area contributed by atoms with Crippen LogP contribution in [0.5, 0.6) is 0 Å². The molecule has 4 fully saturated rings. The van der Waals surface area contributed by atoms with Crippen LogP contribution in [0.3, 0.4) is 0 Å². The molecule has 0 aromatic rings. The second-order valence-corrected chi connectivity index (χ2v) is 11.1. The Kier molecular flexibility index (Phi) is 7.12. The van der Waals surface area contributed by atoms with Crippen LogP contribution in [0, 0.1) is 23.2 Å². The number of allylic oxidation sites excluding steroid dienone is 3. The maximum atomic E-state index is 10.2. The normalized spacial score (nSPS) is 43.4. The second kappa shape index (κ2) is 9.51. The molecule has 1 saturated heterocycles. The van der Waals surface area contributed by atoms with Gasteiger partial charge in [0.25, 0.3) is 0 Å². The van der Waals surface area contributed by atoms with E-state index in [1.165, 1.54) is 38.6 Å². The van der Waals surface area contributed by atoms with Gasteiger partial charge in [-0.25, -0.2) is 0 Å². The van der Waals surface area contributed by atoms with Crippen molar-refractivity contribution in [3.05, 3.63) is 35.5 Å². The van der Waals surface area contributed by atoms with Crippen molar-refractivity contribution in [3.8, 4) is 0 Å². The lowest BCUT2D eigenvalue weighted by Gasteiger charge is -2.46. The number of hydrogen-bond donors (Lipinski definition) is 2. The second-order valence-electron chi connectivity index (χ2n) is 11.1. The smallest absolute Gasteiger partial charge is 0.0811 e. The zero-order chi connectivity index (χ0) is 22.2. The zero-order valence-corrected chi connectivity index (χ0v) is 19.9. The van der Waals surface area contributed by atoms with E-state index >= 15 is 0 Å². The summed E-state index contributed by atoms with van der Waals surface area (Å²) in [5, 5.41) is 20.2. The Morgan fingerprint density at radius 2 is 2.10 bits per heavy atom. The molecule has 0 aromatic carbocycles. The Balaban J connectivity index is 1.48. The van der Waals surface area contributed by atoms with Crippen molar-refractivity contribution in [2.75, 3.05) is 26.3 Å². The first-order valence-corrected chi connectivity index (χ1v) is 12.6. The minimum absolute atomic E-state index is 0.389. The van der Waals surface area contributed by atoms with E-state index in [1.807, 2.05) is 0 Å². The molecule has 0 aromatic heterocycles. The molecular weight excluding hydrogens is 386 g/mol. The molecule has 0 radical (unpaired) electrons. The van der Waals surface area contributed by atoms with E-state index in [2.05, 4.69) is 44.4 Å². The largest absolute Gasteiger partial charge is 0.393 e. The summed E-state index contributed by atoms with van der Waals surface area (Å²) in [5.41, 5.74) is 3.78. The van der Waals surface area contributed by atoms with Gasteiger partial charge in [0, 0.05) is 25.6 Å². The molecule has 0 unspecified atom stereocenters. The summed E-state index contributed by atoms with van der Waals surface area (Å²) in [4.78, 5) is 2.64. The molecule has 31 heavy (non-hydrogen) atoms. The summed E-state index contributed by atoms with van der Waals surface area (Å²) in [6.07, 6.45) is 10.9. The highest BCUT2D eigenvalue weighted by atomic mass is 16.5. The van der Waals surface area contributed by atoms with Gasteiger partial charge in [-0.3, -0.25) is 4.90 Å². The van der Waals surface area contributed by atoms with Crippen LogP contribution in [-0.4, -0.2) is 59.7 Å². The highest BCUT2D eigenvalue weighted by Gasteiger charge is 2.50. The predicted molar refractivity (Wildman–Crippen MR) is 126 cm³/mol. The Morgan fingerprint density at radius 1 is 1.29 bits per heavy atom. The first-order valence-electron chi connectivity index (χ1n) is 12.6. The molecule has 3 aliphatic carbocycles. The quantitative estimate of drug-likeness (QED) is 0.692. The molecule has 3 saturated carbocycles. The molecule has 2 N–H and O–H groups in total. The van der Waals surface area contributed by atoms with Crippen LogP contribution in [0.1, 0.15) is 65.7 Å². The summed E-state index contributed by atoms with van der Waals surface area (Å²) >= 11 is 0. The van der Waals surface area contributed by atoms with E-state index in [4.69, 9.17) is 4.74 Å². The average Bonchev–Trinajstić information content (AvgIpc) is 3.09. The van der Waals surface area contributed by atoms with Crippen molar-refractivity contribution in [2.45, 2.75) is 84.0 Å². The van der Waals surface area contributed by atoms with Crippen LogP contribution >= 0.6 is 0 Å². The van der Waals surface area contributed by atoms with Crippen molar-refractivity contribution in [1.29, 1.82) is 0 Å². The van der Waals surface area contributed by atoms with E-state index in [1.54, 1.807) is 5.57 Å². The van der Waals surface area contributed by atoms with Gasteiger partial charge in [-0.05, 0) is 79.8 Å². The third-order valence-corrected chi connectivity index (χ3v) is 9.02. The van der Waals surface area contributed by atoms with Gasteiger partial charge in [-0.1, -0.05) is 38.2 Å². The van der Waals surface area contributed by atoms with E-state index in [-0.39, 0.29) is 0 Å². The summed E-state index contributed by atoms with van der Waals surface area (Å²) in [6, 6.07) is 0.531. The first-order chi connectivity index (χ1) is 14.8. The SMILES string of the molecule is C=C1/C(=C\C=C2/CCC[C@]3(C)[C@@H]([C@H](C)CN4CCOC[C@H]4C)CC[C@@H]23)C[C@@H](O)C[C@@H]1O. The zero-order valence-electron chi connectivity index (χ0n) is 19.9. The van der Waals surface area contributed by atoms with E-state index < -0.39 is 12.2 Å². The number of morpholine rings is 1. The van der Waals surface area contributed by atoms with Crippen LogP contribution in [-0.2, 0) is 4.74 Å². The summed E-state index contributed by atoms with van der Waals surface area (Å²) in [6.45, 7) is 15.4. The van der Waals surface area contributed by atoms with Gasteiger partial charge in [0.2, 0.25) is 0 Å². The molecule has 4 heteroatoms. The number of rotatable bonds is 4. The molecule has 1 aliphatic heterocycles. The van der Waals surface area contributed by atoms with Gasteiger partial charge >= 0.3 is 0 Å². The van der Waals surface area contributed by atoms with Crippen molar-refractivity contribution in [2.24, 2.45) is 23.2 Å². The van der Waals surface area contributed by atoms with Crippen LogP contribution in [0.4, 0.5) is 0 Å². The fourth-order valence-corrected chi connectivity index (χ4v) is 7.21. The average molecular weight is 430 g/mol. The predicted octanol–water partition coefficient (Wildman–Crippen LogP) is 4.48. The minimum atomic E-state index is -0.607. The van der Waals surface area contributed by atoms with Gasteiger partial charge < -0.3 is 14.9 Å². The Bertz CT molecular complexity index is 728. The molecule has 4 nitrogen and oxygen atoms in total.